The molecule has 138 valence electrons. The quantitative estimate of drug-likeness (QED) is 0.629. The molecule has 1 amide bonds. The molecule has 0 saturated carbocycles. The van der Waals surface area contributed by atoms with Crippen molar-refractivity contribution in [2.75, 3.05) is 11.9 Å². The standard InChI is InChI=1S/C20H17Cl2N3OS/c21-14-6-7-15(16(22)10-14)19(26)24-20-23-17-8-9-25(12-18(17)27-20)11-13-4-2-1-3-5-13/h1-7,10H,8-9,11-12H2,(H,23,24,26). The van der Waals surface area contributed by atoms with Gasteiger partial charge in [-0.1, -0.05) is 53.5 Å². The maximum absolute atomic E-state index is 12.5. The van der Waals surface area contributed by atoms with Crippen molar-refractivity contribution in [3.8, 4) is 0 Å². The van der Waals surface area contributed by atoms with Crippen LogP contribution in [-0.4, -0.2) is 22.3 Å². The SMILES string of the molecule is O=C(Nc1nc2c(s1)CN(Cc1ccccc1)CC2)c1ccc(Cl)cc1Cl. The van der Waals surface area contributed by atoms with Crippen molar-refractivity contribution in [1.82, 2.24) is 9.88 Å². The van der Waals surface area contributed by atoms with Crippen molar-refractivity contribution in [3.05, 3.63) is 80.3 Å². The summed E-state index contributed by atoms with van der Waals surface area (Å²) in [6.07, 6.45) is 0.885. The predicted molar refractivity (Wildman–Crippen MR) is 111 cm³/mol. The minimum Gasteiger partial charge on any atom is -0.298 e. The highest BCUT2D eigenvalue weighted by Gasteiger charge is 2.22. The first-order valence-corrected chi connectivity index (χ1v) is 10.2. The third-order valence-electron chi connectivity index (χ3n) is 4.46. The molecule has 4 rings (SSSR count). The van der Waals surface area contributed by atoms with Gasteiger partial charge >= 0.3 is 0 Å². The molecular formula is C20H17Cl2N3OS. The monoisotopic (exact) mass is 417 g/mol. The predicted octanol–water partition coefficient (Wildman–Crippen LogP) is 5.26. The molecule has 0 unspecified atom stereocenters. The highest BCUT2D eigenvalue weighted by atomic mass is 35.5. The molecule has 1 aromatic heterocycles. The Kier molecular flexibility index (Phi) is 5.45. The summed E-state index contributed by atoms with van der Waals surface area (Å²) < 4.78 is 0. The van der Waals surface area contributed by atoms with Crippen LogP contribution in [0.4, 0.5) is 5.13 Å². The van der Waals surface area contributed by atoms with Crippen LogP contribution < -0.4 is 5.32 Å². The van der Waals surface area contributed by atoms with E-state index in [9.17, 15) is 4.79 Å². The molecule has 0 fully saturated rings. The number of nitrogens with zero attached hydrogens (tertiary/aromatic N) is 2. The lowest BCUT2D eigenvalue weighted by molar-refractivity contribution is 0.102. The fourth-order valence-electron chi connectivity index (χ4n) is 3.12. The number of nitrogens with one attached hydrogen (secondary N) is 1. The van der Waals surface area contributed by atoms with Crippen LogP contribution in [0.3, 0.4) is 0 Å². The van der Waals surface area contributed by atoms with Crippen LogP contribution >= 0.6 is 34.5 Å². The van der Waals surface area contributed by atoms with Gasteiger partial charge in [-0.25, -0.2) is 4.98 Å². The summed E-state index contributed by atoms with van der Waals surface area (Å²) in [6.45, 7) is 2.72. The summed E-state index contributed by atoms with van der Waals surface area (Å²) in [5, 5.41) is 4.30. The number of halogens is 2. The van der Waals surface area contributed by atoms with Gasteiger partial charge in [0.1, 0.15) is 0 Å². The van der Waals surface area contributed by atoms with Crippen LogP contribution in [0.2, 0.25) is 10.0 Å². The lowest BCUT2D eigenvalue weighted by atomic mass is 10.1. The number of anilines is 1. The van der Waals surface area contributed by atoms with Crippen molar-refractivity contribution in [3.63, 3.8) is 0 Å². The van der Waals surface area contributed by atoms with E-state index in [1.54, 1.807) is 18.2 Å². The number of amides is 1. The van der Waals surface area contributed by atoms with E-state index < -0.39 is 0 Å². The number of thiazole rings is 1. The Balaban J connectivity index is 1.44. The van der Waals surface area contributed by atoms with Crippen LogP contribution in [-0.2, 0) is 19.5 Å². The third-order valence-corrected chi connectivity index (χ3v) is 6.00. The number of hydrogen-bond acceptors (Lipinski definition) is 4. The van der Waals surface area contributed by atoms with E-state index in [0.29, 0.717) is 20.7 Å². The van der Waals surface area contributed by atoms with E-state index in [4.69, 9.17) is 23.2 Å². The second-order valence-electron chi connectivity index (χ2n) is 6.41. The van der Waals surface area contributed by atoms with Gasteiger partial charge in [-0.15, -0.1) is 11.3 Å². The highest BCUT2D eigenvalue weighted by molar-refractivity contribution is 7.15. The molecule has 0 aliphatic carbocycles. The summed E-state index contributed by atoms with van der Waals surface area (Å²) in [7, 11) is 0. The highest BCUT2D eigenvalue weighted by Crippen LogP contribution is 2.30. The van der Waals surface area contributed by atoms with E-state index >= 15 is 0 Å². The zero-order valence-corrected chi connectivity index (χ0v) is 16.7. The zero-order chi connectivity index (χ0) is 18.8. The molecule has 3 aromatic rings. The maximum atomic E-state index is 12.5. The normalized spacial score (nSPS) is 14.0. The fourth-order valence-corrected chi connectivity index (χ4v) is 4.66. The molecular weight excluding hydrogens is 401 g/mol. The number of fused-ring (bicyclic) bond motifs is 1. The lowest BCUT2D eigenvalue weighted by Crippen LogP contribution is -2.29. The number of hydrogen-bond donors (Lipinski definition) is 1. The van der Waals surface area contributed by atoms with Crippen LogP contribution in [0, 0.1) is 0 Å². The summed E-state index contributed by atoms with van der Waals surface area (Å²) in [5.41, 5.74) is 2.76. The first-order chi connectivity index (χ1) is 13.1. The molecule has 1 aliphatic rings. The molecule has 2 aromatic carbocycles. The maximum Gasteiger partial charge on any atom is 0.258 e. The first kappa shape index (κ1) is 18.4. The van der Waals surface area contributed by atoms with Gasteiger partial charge in [0, 0.05) is 36.0 Å². The topological polar surface area (TPSA) is 45.2 Å². The molecule has 7 heteroatoms. The van der Waals surface area contributed by atoms with Crippen molar-refractivity contribution in [2.24, 2.45) is 0 Å². The van der Waals surface area contributed by atoms with E-state index in [0.717, 1.165) is 31.7 Å². The number of carbonyl (C=O) groups excluding carboxylic acids is 1. The smallest absolute Gasteiger partial charge is 0.258 e. The van der Waals surface area contributed by atoms with Gasteiger partial charge in [0.25, 0.3) is 5.91 Å². The largest absolute Gasteiger partial charge is 0.298 e. The summed E-state index contributed by atoms with van der Waals surface area (Å²) in [6, 6.07) is 15.3. The first-order valence-electron chi connectivity index (χ1n) is 8.60. The number of carbonyl (C=O) groups is 1. The molecule has 1 N–H and O–H groups in total. The van der Waals surface area contributed by atoms with Gasteiger partial charge in [-0.2, -0.15) is 0 Å². The van der Waals surface area contributed by atoms with Crippen LogP contribution in [0.5, 0.6) is 0 Å². The van der Waals surface area contributed by atoms with Crippen LogP contribution in [0.15, 0.2) is 48.5 Å². The fraction of sp³-hybridized carbons (Fsp3) is 0.200. The van der Waals surface area contributed by atoms with Crippen molar-refractivity contribution in [1.29, 1.82) is 0 Å². The van der Waals surface area contributed by atoms with Gasteiger partial charge in [-0.3, -0.25) is 15.0 Å². The Morgan fingerprint density at radius 3 is 2.78 bits per heavy atom. The lowest BCUT2D eigenvalue weighted by Gasteiger charge is -2.25. The van der Waals surface area contributed by atoms with E-state index in [-0.39, 0.29) is 5.91 Å². The van der Waals surface area contributed by atoms with Gasteiger partial charge in [0.15, 0.2) is 5.13 Å². The molecule has 0 radical (unpaired) electrons. The minimum atomic E-state index is -0.274. The number of benzene rings is 2. The average molecular weight is 418 g/mol. The van der Waals surface area contributed by atoms with Gasteiger partial charge < -0.3 is 0 Å². The molecule has 1 aliphatic heterocycles. The molecule has 0 atom stereocenters. The Hall–Kier alpha value is -1.92. The second kappa shape index (κ2) is 7.98. The summed E-state index contributed by atoms with van der Waals surface area (Å²) in [5.74, 6) is -0.274. The van der Waals surface area contributed by atoms with Crippen molar-refractivity contribution in [2.45, 2.75) is 19.5 Å². The third kappa shape index (κ3) is 4.33. The Labute approximate surface area is 171 Å². The average Bonchev–Trinajstić information content (AvgIpc) is 3.04. The molecule has 0 saturated heterocycles. The van der Waals surface area contributed by atoms with E-state index in [1.807, 2.05) is 6.07 Å². The molecule has 4 nitrogen and oxygen atoms in total. The Bertz CT molecular complexity index is 975. The van der Waals surface area contributed by atoms with Gasteiger partial charge in [-0.05, 0) is 23.8 Å². The molecule has 27 heavy (non-hydrogen) atoms. The Morgan fingerprint density at radius 1 is 1.19 bits per heavy atom. The number of aromatic nitrogens is 1. The number of rotatable bonds is 4. The van der Waals surface area contributed by atoms with Gasteiger partial charge in [0.2, 0.25) is 0 Å². The molecule has 2 heterocycles. The minimum absolute atomic E-state index is 0.274. The summed E-state index contributed by atoms with van der Waals surface area (Å²) in [4.78, 5) is 20.7. The van der Waals surface area contributed by atoms with E-state index in [2.05, 4.69) is 39.5 Å². The van der Waals surface area contributed by atoms with Crippen molar-refractivity contribution >= 4 is 45.6 Å². The second-order valence-corrected chi connectivity index (χ2v) is 8.34. The van der Waals surface area contributed by atoms with Crippen molar-refractivity contribution < 1.29 is 4.79 Å². The molecule has 0 spiro atoms. The summed E-state index contributed by atoms with van der Waals surface area (Å²) >= 11 is 13.5. The zero-order valence-electron chi connectivity index (χ0n) is 14.4. The molecule has 0 bridgehead atoms. The van der Waals surface area contributed by atoms with Gasteiger partial charge in [0.05, 0.1) is 16.3 Å². The Morgan fingerprint density at radius 2 is 2.00 bits per heavy atom. The van der Waals surface area contributed by atoms with E-state index in [1.165, 1.54) is 21.8 Å². The van der Waals surface area contributed by atoms with Crippen LogP contribution in [0.1, 0.15) is 26.5 Å². The van der Waals surface area contributed by atoms with Crippen LogP contribution in [0.25, 0.3) is 0 Å².